The number of piperazine rings is 1. The highest BCUT2D eigenvalue weighted by Crippen LogP contribution is 2.34. The third-order valence-electron chi connectivity index (χ3n) is 5.15. The van der Waals surface area contributed by atoms with Crippen LogP contribution in [0.5, 0.6) is 0 Å². The van der Waals surface area contributed by atoms with E-state index in [1.807, 2.05) is 25.7 Å². The van der Waals surface area contributed by atoms with E-state index in [1.165, 1.54) is 16.5 Å². The Morgan fingerprint density at radius 3 is 2.34 bits per heavy atom. The molecule has 2 aromatic heterocycles. The van der Waals surface area contributed by atoms with Gasteiger partial charge in [0.2, 0.25) is 0 Å². The lowest BCUT2D eigenvalue weighted by Gasteiger charge is -2.35. The summed E-state index contributed by atoms with van der Waals surface area (Å²) in [5.74, 6) is 0.354. The van der Waals surface area contributed by atoms with Gasteiger partial charge in [0, 0.05) is 23.8 Å². The molecule has 32 heavy (non-hydrogen) atoms. The summed E-state index contributed by atoms with van der Waals surface area (Å²) in [5, 5.41) is 2.27. The Morgan fingerprint density at radius 2 is 1.72 bits per heavy atom. The van der Waals surface area contributed by atoms with Crippen molar-refractivity contribution in [2.45, 2.75) is 25.7 Å². The number of nitrogens with zero attached hydrogens (tertiary/aromatic N) is 5. The lowest BCUT2D eigenvalue weighted by molar-refractivity contribution is -0.201. The largest absolute Gasteiger partial charge is 0.367 e. The number of hydroxylamine groups is 2. The quantitative estimate of drug-likeness (QED) is 0.516. The van der Waals surface area contributed by atoms with Crippen LogP contribution in [0, 0.1) is 5.41 Å². The van der Waals surface area contributed by atoms with Crippen LogP contribution in [-0.2, 0) is 19.7 Å². The molecule has 0 unspecified atom stereocenters. The van der Waals surface area contributed by atoms with Crippen molar-refractivity contribution >= 4 is 48.8 Å². The fourth-order valence-corrected chi connectivity index (χ4v) is 5.38. The van der Waals surface area contributed by atoms with Crippen molar-refractivity contribution in [1.29, 1.82) is 0 Å². The number of benzene rings is 1. The third-order valence-corrected chi connectivity index (χ3v) is 7.41. The van der Waals surface area contributed by atoms with Crippen molar-refractivity contribution in [3.8, 4) is 0 Å². The topological polar surface area (TPSA) is 97.6 Å². The highest BCUT2D eigenvalue weighted by atomic mass is 79.9. The summed E-state index contributed by atoms with van der Waals surface area (Å²) in [6.07, 6.45) is 2.87. The minimum absolute atomic E-state index is 0.179. The van der Waals surface area contributed by atoms with Gasteiger partial charge in [0.1, 0.15) is 12.1 Å². The molecule has 0 amide bonds. The molecule has 1 aromatic carbocycles. The van der Waals surface area contributed by atoms with E-state index in [9.17, 15) is 13.2 Å². The first-order valence-electron chi connectivity index (χ1n) is 10.1. The number of carbonyl (C=O) groups excluding carboxylic acids is 1. The third kappa shape index (κ3) is 4.24. The van der Waals surface area contributed by atoms with E-state index in [2.05, 4.69) is 25.9 Å². The van der Waals surface area contributed by atoms with Gasteiger partial charge in [0.05, 0.1) is 28.8 Å². The normalized spacial score (nSPS) is 15.8. The van der Waals surface area contributed by atoms with Gasteiger partial charge in [-0.3, -0.25) is 0 Å². The molecule has 3 aromatic rings. The van der Waals surface area contributed by atoms with Gasteiger partial charge in [-0.1, -0.05) is 18.2 Å². The summed E-state index contributed by atoms with van der Waals surface area (Å²) in [5.41, 5.74) is -0.277. The fraction of sp³-hybridized carbons (Fsp3) is 0.381. The Balaban J connectivity index is 1.62. The molecule has 0 bridgehead atoms. The smallest absolute Gasteiger partial charge is 0.330 e. The molecule has 170 valence electrons. The monoisotopic (exact) mass is 521 g/mol. The van der Waals surface area contributed by atoms with Crippen LogP contribution < -0.4 is 4.90 Å². The zero-order valence-corrected chi connectivity index (χ0v) is 20.4. The first-order chi connectivity index (χ1) is 15.1. The molecule has 1 saturated heterocycles. The molecule has 0 spiro atoms. The molecule has 0 atom stereocenters. The maximum absolute atomic E-state index is 13.2. The van der Waals surface area contributed by atoms with E-state index in [-0.39, 0.29) is 10.9 Å². The van der Waals surface area contributed by atoms with Gasteiger partial charge in [-0.15, -0.1) is 5.06 Å². The van der Waals surface area contributed by atoms with E-state index in [0.29, 0.717) is 47.5 Å². The molecule has 4 rings (SSSR count). The van der Waals surface area contributed by atoms with Crippen LogP contribution >= 0.6 is 15.9 Å². The molecule has 11 heteroatoms. The molecule has 0 aliphatic carbocycles. The first kappa shape index (κ1) is 22.7. The predicted octanol–water partition coefficient (Wildman–Crippen LogP) is 3.06. The molecule has 0 radical (unpaired) electrons. The lowest BCUT2D eigenvalue weighted by Crippen LogP contribution is -2.48. The van der Waals surface area contributed by atoms with Gasteiger partial charge in [-0.25, -0.2) is 27.2 Å². The van der Waals surface area contributed by atoms with Crippen molar-refractivity contribution in [2.24, 2.45) is 5.41 Å². The zero-order valence-electron chi connectivity index (χ0n) is 18.0. The first-order valence-corrected chi connectivity index (χ1v) is 12.4. The fourth-order valence-electron chi connectivity index (χ4n) is 3.35. The predicted molar refractivity (Wildman–Crippen MR) is 124 cm³/mol. The summed E-state index contributed by atoms with van der Waals surface area (Å²) >= 11 is 3.49. The Hall–Kier alpha value is -2.50. The van der Waals surface area contributed by atoms with Crippen LogP contribution in [0.3, 0.4) is 0 Å². The van der Waals surface area contributed by atoms with Crippen molar-refractivity contribution in [2.75, 3.05) is 31.1 Å². The Kier molecular flexibility index (Phi) is 5.99. The highest BCUT2D eigenvalue weighted by molar-refractivity contribution is 9.10. The lowest BCUT2D eigenvalue weighted by atomic mass is 9.98. The van der Waals surface area contributed by atoms with Crippen LogP contribution in [0.4, 0.5) is 5.82 Å². The van der Waals surface area contributed by atoms with E-state index >= 15 is 0 Å². The molecular formula is C21H24BrN5O4S. The Morgan fingerprint density at radius 1 is 1.06 bits per heavy atom. The van der Waals surface area contributed by atoms with Crippen LogP contribution in [0.1, 0.15) is 20.8 Å². The van der Waals surface area contributed by atoms with Gasteiger partial charge in [-0.05, 0) is 48.8 Å². The Bertz CT molecular complexity index is 1250. The van der Waals surface area contributed by atoms with Gasteiger partial charge in [0.15, 0.2) is 5.65 Å². The number of hydrogen-bond donors (Lipinski definition) is 0. The molecule has 1 aliphatic heterocycles. The van der Waals surface area contributed by atoms with Crippen LogP contribution in [0.2, 0.25) is 0 Å². The van der Waals surface area contributed by atoms with E-state index < -0.39 is 15.4 Å². The van der Waals surface area contributed by atoms with Crippen molar-refractivity contribution in [1.82, 2.24) is 19.0 Å². The number of fused-ring (bicyclic) bond motifs is 1. The summed E-state index contributed by atoms with van der Waals surface area (Å²) in [6, 6.07) is 8.23. The van der Waals surface area contributed by atoms with Crippen molar-refractivity contribution in [3.05, 3.63) is 47.3 Å². The van der Waals surface area contributed by atoms with E-state index in [1.54, 1.807) is 35.4 Å². The Labute approximate surface area is 195 Å². The van der Waals surface area contributed by atoms with Gasteiger partial charge in [-0.2, -0.15) is 0 Å². The number of hydrogen-bond acceptors (Lipinski definition) is 8. The number of rotatable bonds is 4. The SMILES string of the molecule is CC(C)(C)C(=O)ON1CCN(c2ncnc3c2c(Br)cn3S(=O)(=O)c2ccccc2)CC1. The molecule has 0 N–H and O–H groups in total. The highest BCUT2D eigenvalue weighted by Gasteiger charge is 2.30. The second kappa shape index (κ2) is 8.45. The molecule has 3 heterocycles. The molecular weight excluding hydrogens is 498 g/mol. The number of carbonyl (C=O) groups is 1. The van der Waals surface area contributed by atoms with Crippen LogP contribution in [0.15, 0.2) is 52.2 Å². The number of aromatic nitrogens is 3. The maximum atomic E-state index is 13.2. The zero-order chi connectivity index (χ0) is 23.1. The standard InChI is InChI=1S/C21H24BrN5O4S/c1-21(2,3)20(28)31-26-11-9-25(10-12-26)18-17-16(22)13-27(19(17)24-14-23-18)32(29,30)15-7-5-4-6-8-15/h4-8,13-14H,9-12H2,1-3H3. The van der Waals surface area contributed by atoms with Gasteiger partial charge < -0.3 is 9.74 Å². The molecule has 0 saturated carbocycles. The van der Waals surface area contributed by atoms with E-state index in [4.69, 9.17) is 4.84 Å². The second-order valence-electron chi connectivity index (χ2n) is 8.53. The number of anilines is 1. The minimum Gasteiger partial charge on any atom is -0.367 e. The van der Waals surface area contributed by atoms with Gasteiger partial charge in [0.25, 0.3) is 10.0 Å². The summed E-state index contributed by atoms with van der Waals surface area (Å²) in [4.78, 5) is 28.6. The van der Waals surface area contributed by atoms with Crippen molar-refractivity contribution < 1.29 is 18.0 Å². The average molecular weight is 522 g/mol. The molecule has 9 nitrogen and oxygen atoms in total. The summed E-state index contributed by atoms with van der Waals surface area (Å²) in [6.45, 7) is 7.58. The maximum Gasteiger partial charge on any atom is 0.330 e. The summed E-state index contributed by atoms with van der Waals surface area (Å²) in [7, 11) is -3.82. The van der Waals surface area contributed by atoms with E-state index in [0.717, 1.165) is 0 Å². The van der Waals surface area contributed by atoms with Crippen LogP contribution in [0.25, 0.3) is 11.0 Å². The average Bonchev–Trinajstić information content (AvgIpc) is 3.12. The summed E-state index contributed by atoms with van der Waals surface area (Å²) < 4.78 is 28.1. The van der Waals surface area contributed by atoms with Crippen LogP contribution in [-0.4, -0.2) is 59.6 Å². The second-order valence-corrected chi connectivity index (χ2v) is 11.2. The molecule has 1 aliphatic rings. The van der Waals surface area contributed by atoms with Crippen molar-refractivity contribution in [3.63, 3.8) is 0 Å². The molecule has 1 fully saturated rings. The minimum atomic E-state index is -3.82. The van der Waals surface area contributed by atoms with Gasteiger partial charge >= 0.3 is 5.97 Å². The number of halogens is 1.